The fourth-order valence-corrected chi connectivity index (χ4v) is 2.93. The van der Waals surface area contributed by atoms with Crippen LogP contribution in [-0.4, -0.2) is 15.2 Å². The van der Waals surface area contributed by atoms with E-state index < -0.39 is 0 Å². The van der Waals surface area contributed by atoms with Crippen LogP contribution in [0.5, 0.6) is 0 Å². The first-order valence-corrected chi connectivity index (χ1v) is 7.02. The molecule has 0 aliphatic heterocycles. The van der Waals surface area contributed by atoms with Gasteiger partial charge >= 0.3 is 0 Å². The van der Waals surface area contributed by atoms with Gasteiger partial charge in [0.05, 0.1) is 6.20 Å². The molecule has 2 atom stereocenters. The summed E-state index contributed by atoms with van der Waals surface area (Å²) in [4.78, 5) is 4.05. The monoisotopic (exact) mass is 279 g/mol. The van der Waals surface area contributed by atoms with Crippen molar-refractivity contribution in [3.05, 3.63) is 72.1 Å². The molecular weight excluding hydrogens is 265 g/mol. The molecule has 0 bridgehead atoms. The zero-order valence-electron chi connectivity index (χ0n) is 11.3. The Morgan fingerprint density at radius 3 is 2.52 bits per heavy atom. The number of pyridine rings is 1. The van der Waals surface area contributed by atoms with Crippen molar-refractivity contribution in [2.75, 3.05) is 0 Å². The molecule has 2 aromatic heterocycles. The Hall–Kier alpha value is -2.49. The molecule has 0 spiro atoms. The van der Waals surface area contributed by atoms with Crippen molar-refractivity contribution in [1.82, 2.24) is 15.2 Å². The number of nitrogens with zero attached hydrogens (tertiary/aromatic N) is 2. The summed E-state index contributed by atoms with van der Waals surface area (Å²) in [6.45, 7) is 0. The molecule has 21 heavy (non-hydrogen) atoms. The van der Waals surface area contributed by atoms with E-state index in [1.807, 2.05) is 30.5 Å². The number of hydrogen-bond acceptors (Lipinski definition) is 2. The summed E-state index contributed by atoms with van der Waals surface area (Å²) in [5.41, 5.74) is 4.61. The van der Waals surface area contributed by atoms with Crippen molar-refractivity contribution >= 4 is 0 Å². The highest BCUT2D eigenvalue weighted by molar-refractivity contribution is 5.66. The lowest BCUT2D eigenvalue weighted by atomic mass is 10.0. The highest BCUT2D eigenvalue weighted by atomic mass is 19.1. The zero-order chi connectivity index (χ0) is 14.2. The summed E-state index contributed by atoms with van der Waals surface area (Å²) in [7, 11) is 0. The van der Waals surface area contributed by atoms with E-state index in [-0.39, 0.29) is 5.82 Å². The van der Waals surface area contributed by atoms with Crippen molar-refractivity contribution in [3.63, 3.8) is 0 Å². The summed E-state index contributed by atoms with van der Waals surface area (Å²) in [5, 5.41) is 7.33. The SMILES string of the molecule is Fc1ccc(C2CC2c2[nH]ncc2-c2ccncc2)cc1. The van der Waals surface area contributed by atoms with Crippen LogP contribution < -0.4 is 0 Å². The van der Waals surface area contributed by atoms with Crippen LogP contribution in [0.3, 0.4) is 0 Å². The smallest absolute Gasteiger partial charge is 0.123 e. The standard InChI is InChI=1S/C17H14FN3/c18-13-3-1-11(2-4-13)14-9-15(14)17-16(10-20-21-17)12-5-7-19-8-6-12/h1-8,10,14-15H,9H2,(H,20,21). The van der Waals surface area contributed by atoms with Crippen molar-refractivity contribution < 1.29 is 4.39 Å². The summed E-state index contributed by atoms with van der Waals surface area (Å²) >= 11 is 0. The lowest BCUT2D eigenvalue weighted by Gasteiger charge is -2.03. The second-order valence-electron chi connectivity index (χ2n) is 5.43. The van der Waals surface area contributed by atoms with E-state index in [0.29, 0.717) is 11.8 Å². The Morgan fingerprint density at radius 2 is 1.76 bits per heavy atom. The number of H-pyrrole nitrogens is 1. The fourth-order valence-electron chi connectivity index (χ4n) is 2.93. The van der Waals surface area contributed by atoms with Gasteiger partial charge in [0, 0.05) is 29.6 Å². The first-order valence-electron chi connectivity index (χ1n) is 7.02. The predicted octanol–water partition coefficient (Wildman–Crippen LogP) is 3.88. The Kier molecular flexibility index (Phi) is 2.81. The fraction of sp³-hybridized carbons (Fsp3) is 0.176. The van der Waals surface area contributed by atoms with E-state index in [1.54, 1.807) is 12.4 Å². The number of hydrogen-bond donors (Lipinski definition) is 1. The average Bonchev–Trinajstić information content (AvgIpc) is 3.17. The maximum Gasteiger partial charge on any atom is 0.123 e. The van der Waals surface area contributed by atoms with Crippen molar-refractivity contribution in [1.29, 1.82) is 0 Å². The van der Waals surface area contributed by atoms with Crippen molar-refractivity contribution in [3.8, 4) is 11.1 Å². The van der Waals surface area contributed by atoms with Gasteiger partial charge in [0.2, 0.25) is 0 Å². The van der Waals surface area contributed by atoms with E-state index in [9.17, 15) is 4.39 Å². The first-order chi connectivity index (χ1) is 10.3. The van der Waals surface area contributed by atoms with Crippen LogP contribution in [0.1, 0.15) is 29.5 Å². The normalized spacial score (nSPS) is 20.4. The third kappa shape index (κ3) is 2.23. The minimum absolute atomic E-state index is 0.185. The van der Waals surface area contributed by atoms with E-state index in [4.69, 9.17) is 0 Å². The van der Waals surface area contributed by atoms with Crippen LogP contribution in [0.4, 0.5) is 4.39 Å². The Bertz CT molecular complexity index is 749. The average molecular weight is 279 g/mol. The molecule has 2 heterocycles. The molecular formula is C17H14FN3. The van der Waals surface area contributed by atoms with Crippen LogP contribution in [0.25, 0.3) is 11.1 Å². The molecule has 0 saturated heterocycles. The largest absolute Gasteiger partial charge is 0.282 e. The highest BCUT2D eigenvalue weighted by Gasteiger charge is 2.41. The lowest BCUT2D eigenvalue weighted by molar-refractivity contribution is 0.627. The third-order valence-electron chi connectivity index (χ3n) is 4.12. The first kappa shape index (κ1) is 12.3. The van der Waals surface area contributed by atoms with Crippen LogP contribution in [0.15, 0.2) is 55.0 Å². The number of aromatic nitrogens is 3. The van der Waals surface area contributed by atoms with Gasteiger partial charge in [-0.25, -0.2) is 4.39 Å². The van der Waals surface area contributed by atoms with Gasteiger partial charge in [0.15, 0.2) is 0 Å². The predicted molar refractivity (Wildman–Crippen MR) is 78.3 cm³/mol. The lowest BCUT2D eigenvalue weighted by Crippen LogP contribution is -1.89. The number of rotatable bonds is 3. The summed E-state index contributed by atoms with van der Waals surface area (Å²) in [6.07, 6.45) is 6.52. The summed E-state index contributed by atoms with van der Waals surface area (Å²) in [5.74, 6) is 0.697. The van der Waals surface area contributed by atoms with Crippen LogP contribution >= 0.6 is 0 Å². The molecule has 4 heteroatoms. The van der Waals surface area contributed by atoms with Gasteiger partial charge in [-0.3, -0.25) is 10.1 Å². The third-order valence-corrected chi connectivity index (χ3v) is 4.12. The van der Waals surface area contributed by atoms with Gasteiger partial charge in [-0.2, -0.15) is 5.10 Å². The summed E-state index contributed by atoms with van der Waals surface area (Å²) in [6, 6.07) is 10.8. The Morgan fingerprint density at radius 1 is 1.00 bits per heavy atom. The second kappa shape index (κ2) is 4.81. The molecule has 1 aromatic carbocycles. The molecule has 1 fully saturated rings. The number of nitrogens with one attached hydrogen (secondary N) is 1. The van der Waals surface area contributed by atoms with Crippen molar-refractivity contribution in [2.24, 2.45) is 0 Å². The number of halogens is 1. The molecule has 2 unspecified atom stereocenters. The maximum atomic E-state index is 13.0. The molecule has 0 radical (unpaired) electrons. The van der Waals surface area contributed by atoms with E-state index in [0.717, 1.165) is 23.2 Å². The van der Waals surface area contributed by atoms with E-state index in [2.05, 4.69) is 15.2 Å². The minimum atomic E-state index is -0.185. The molecule has 4 rings (SSSR count). The van der Waals surface area contributed by atoms with Crippen LogP contribution in [0, 0.1) is 5.82 Å². The molecule has 1 N–H and O–H groups in total. The van der Waals surface area contributed by atoms with Gasteiger partial charge in [0.25, 0.3) is 0 Å². The Balaban J connectivity index is 1.62. The van der Waals surface area contributed by atoms with Gasteiger partial charge in [0.1, 0.15) is 5.82 Å². The van der Waals surface area contributed by atoms with Gasteiger partial charge < -0.3 is 0 Å². The molecule has 1 aliphatic carbocycles. The number of benzene rings is 1. The highest BCUT2D eigenvalue weighted by Crippen LogP contribution is 2.55. The van der Waals surface area contributed by atoms with Gasteiger partial charge in [-0.1, -0.05) is 12.1 Å². The minimum Gasteiger partial charge on any atom is -0.282 e. The van der Waals surface area contributed by atoms with Gasteiger partial charge in [-0.15, -0.1) is 0 Å². The molecule has 104 valence electrons. The molecule has 3 aromatic rings. The van der Waals surface area contributed by atoms with Crippen LogP contribution in [0.2, 0.25) is 0 Å². The van der Waals surface area contributed by atoms with Crippen molar-refractivity contribution in [2.45, 2.75) is 18.3 Å². The maximum absolute atomic E-state index is 13.0. The van der Waals surface area contributed by atoms with Crippen LogP contribution in [-0.2, 0) is 0 Å². The molecule has 1 saturated carbocycles. The second-order valence-corrected chi connectivity index (χ2v) is 5.43. The summed E-state index contributed by atoms with van der Waals surface area (Å²) < 4.78 is 13.0. The number of aromatic amines is 1. The quantitative estimate of drug-likeness (QED) is 0.790. The molecule has 1 aliphatic rings. The van der Waals surface area contributed by atoms with Gasteiger partial charge in [-0.05, 0) is 47.7 Å². The molecule has 0 amide bonds. The molecule has 3 nitrogen and oxygen atoms in total. The zero-order valence-corrected chi connectivity index (χ0v) is 11.3. The van der Waals surface area contributed by atoms with E-state index in [1.165, 1.54) is 17.7 Å². The van der Waals surface area contributed by atoms with E-state index >= 15 is 0 Å². The Labute approximate surface area is 121 Å². The topological polar surface area (TPSA) is 41.6 Å².